The molecule has 1 aromatic carbocycles. The lowest BCUT2D eigenvalue weighted by atomic mass is 10.2. The van der Waals surface area contributed by atoms with Gasteiger partial charge in [0, 0.05) is 37.8 Å². The first-order valence-electron chi connectivity index (χ1n) is 7.64. The summed E-state index contributed by atoms with van der Waals surface area (Å²) in [6.07, 6.45) is 1.30. The van der Waals surface area contributed by atoms with Gasteiger partial charge in [0.15, 0.2) is 0 Å². The normalized spacial score (nSPS) is 23.2. The second kappa shape index (κ2) is 6.76. The van der Waals surface area contributed by atoms with Crippen LogP contribution in [0.15, 0.2) is 29.2 Å². The highest BCUT2D eigenvalue weighted by Crippen LogP contribution is 2.22. The standard InChI is InChI=1S/C15H19ClN2O4S/c16-12-3-1-4-13(11-12)23(20,21)18-8-6-17(7-9-18)15(19)14-5-2-10-22-14/h1,3-4,11,14H,2,5-10H2. The lowest BCUT2D eigenvalue weighted by molar-refractivity contribution is -0.142. The zero-order valence-electron chi connectivity index (χ0n) is 12.7. The molecule has 0 N–H and O–H groups in total. The van der Waals surface area contributed by atoms with Gasteiger partial charge in [-0.2, -0.15) is 4.31 Å². The average Bonchev–Trinajstić information content (AvgIpc) is 3.09. The SMILES string of the molecule is O=C(C1CCCO1)N1CCN(S(=O)(=O)c2cccc(Cl)c2)CC1. The molecule has 1 unspecified atom stereocenters. The minimum atomic E-state index is -3.57. The fourth-order valence-electron chi connectivity index (χ4n) is 2.90. The van der Waals surface area contributed by atoms with E-state index >= 15 is 0 Å². The summed E-state index contributed by atoms with van der Waals surface area (Å²) in [5.41, 5.74) is 0. The van der Waals surface area contributed by atoms with Crippen LogP contribution < -0.4 is 0 Å². The highest BCUT2D eigenvalue weighted by molar-refractivity contribution is 7.89. The number of benzene rings is 1. The molecular formula is C15H19ClN2O4S. The molecule has 2 fully saturated rings. The molecule has 0 radical (unpaired) electrons. The maximum atomic E-state index is 12.6. The van der Waals surface area contributed by atoms with Crippen molar-refractivity contribution in [2.45, 2.75) is 23.8 Å². The van der Waals surface area contributed by atoms with Gasteiger partial charge in [0.05, 0.1) is 4.90 Å². The fourth-order valence-corrected chi connectivity index (χ4v) is 4.62. The van der Waals surface area contributed by atoms with Crippen LogP contribution in [0.25, 0.3) is 0 Å². The van der Waals surface area contributed by atoms with Crippen molar-refractivity contribution in [3.8, 4) is 0 Å². The number of halogens is 1. The predicted molar refractivity (Wildman–Crippen MR) is 85.8 cm³/mol. The zero-order valence-corrected chi connectivity index (χ0v) is 14.2. The summed E-state index contributed by atoms with van der Waals surface area (Å²) in [5, 5.41) is 0.387. The van der Waals surface area contributed by atoms with Crippen molar-refractivity contribution in [2.24, 2.45) is 0 Å². The molecule has 0 aliphatic carbocycles. The van der Waals surface area contributed by atoms with Crippen LogP contribution >= 0.6 is 11.6 Å². The van der Waals surface area contributed by atoms with E-state index in [1.54, 1.807) is 17.0 Å². The Hall–Kier alpha value is -1.15. The summed E-state index contributed by atoms with van der Waals surface area (Å²) < 4.78 is 32.0. The van der Waals surface area contributed by atoms with Crippen molar-refractivity contribution < 1.29 is 17.9 Å². The molecule has 6 nitrogen and oxygen atoms in total. The quantitative estimate of drug-likeness (QED) is 0.818. The Bertz CT molecular complexity index is 680. The fraction of sp³-hybridized carbons (Fsp3) is 0.533. The van der Waals surface area contributed by atoms with E-state index in [2.05, 4.69) is 0 Å². The van der Waals surface area contributed by atoms with E-state index < -0.39 is 10.0 Å². The van der Waals surface area contributed by atoms with Gasteiger partial charge in [-0.1, -0.05) is 17.7 Å². The maximum Gasteiger partial charge on any atom is 0.251 e. The monoisotopic (exact) mass is 358 g/mol. The molecule has 23 heavy (non-hydrogen) atoms. The van der Waals surface area contributed by atoms with Gasteiger partial charge < -0.3 is 9.64 Å². The number of rotatable bonds is 3. The van der Waals surface area contributed by atoms with Gasteiger partial charge in [0.2, 0.25) is 10.0 Å². The van der Waals surface area contributed by atoms with Crippen molar-refractivity contribution in [3.63, 3.8) is 0 Å². The van der Waals surface area contributed by atoms with Crippen molar-refractivity contribution in [3.05, 3.63) is 29.3 Å². The van der Waals surface area contributed by atoms with Crippen LogP contribution in [0.4, 0.5) is 0 Å². The van der Waals surface area contributed by atoms with Gasteiger partial charge in [-0.15, -0.1) is 0 Å². The predicted octanol–water partition coefficient (Wildman–Crippen LogP) is 1.35. The van der Waals surface area contributed by atoms with Crippen molar-refractivity contribution in [1.82, 2.24) is 9.21 Å². The largest absolute Gasteiger partial charge is 0.368 e. The Morgan fingerprint density at radius 2 is 1.96 bits per heavy atom. The van der Waals surface area contributed by atoms with E-state index in [-0.39, 0.29) is 30.0 Å². The number of amides is 1. The van der Waals surface area contributed by atoms with Crippen molar-refractivity contribution in [1.29, 1.82) is 0 Å². The molecular weight excluding hydrogens is 340 g/mol. The molecule has 1 aromatic rings. The Morgan fingerprint density at radius 1 is 1.22 bits per heavy atom. The molecule has 2 heterocycles. The Morgan fingerprint density at radius 3 is 2.57 bits per heavy atom. The van der Waals surface area contributed by atoms with E-state index in [0.717, 1.165) is 12.8 Å². The summed E-state index contributed by atoms with van der Waals surface area (Å²) in [6.45, 7) is 1.97. The van der Waals surface area contributed by atoms with Crippen LogP contribution in [0.2, 0.25) is 5.02 Å². The van der Waals surface area contributed by atoms with Crippen LogP contribution in [0.3, 0.4) is 0 Å². The van der Waals surface area contributed by atoms with Crippen LogP contribution in [-0.4, -0.2) is 62.4 Å². The molecule has 126 valence electrons. The summed E-state index contributed by atoms with van der Waals surface area (Å²) >= 11 is 5.88. The zero-order chi connectivity index (χ0) is 16.4. The third-order valence-corrected chi connectivity index (χ3v) is 6.32. The Balaban J connectivity index is 1.65. The molecule has 8 heteroatoms. The molecule has 0 spiro atoms. The second-order valence-electron chi connectivity index (χ2n) is 5.69. The van der Waals surface area contributed by atoms with Crippen LogP contribution in [0.1, 0.15) is 12.8 Å². The Kier molecular flexibility index (Phi) is 4.91. The number of hydrogen-bond donors (Lipinski definition) is 0. The Labute approximate surface area is 141 Å². The van der Waals surface area contributed by atoms with E-state index in [4.69, 9.17) is 16.3 Å². The molecule has 0 bridgehead atoms. The highest BCUT2D eigenvalue weighted by Gasteiger charge is 2.33. The van der Waals surface area contributed by atoms with E-state index in [0.29, 0.717) is 24.7 Å². The number of ether oxygens (including phenoxy) is 1. The van der Waals surface area contributed by atoms with E-state index in [1.165, 1.54) is 16.4 Å². The summed E-state index contributed by atoms with van der Waals surface area (Å²) in [4.78, 5) is 14.2. The van der Waals surface area contributed by atoms with Gasteiger partial charge in [0.1, 0.15) is 6.10 Å². The lowest BCUT2D eigenvalue weighted by Gasteiger charge is -2.35. The van der Waals surface area contributed by atoms with Gasteiger partial charge >= 0.3 is 0 Å². The summed E-state index contributed by atoms with van der Waals surface area (Å²) in [5.74, 6) is -0.0256. The second-order valence-corrected chi connectivity index (χ2v) is 8.06. The van der Waals surface area contributed by atoms with Crippen molar-refractivity contribution in [2.75, 3.05) is 32.8 Å². The number of carbonyl (C=O) groups is 1. The first-order chi connectivity index (χ1) is 11.0. The first-order valence-corrected chi connectivity index (χ1v) is 9.46. The number of hydrogen-bond acceptors (Lipinski definition) is 4. The lowest BCUT2D eigenvalue weighted by Crippen LogP contribution is -2.52. The van der Waals surface area contributed by atoms with E-state index in [9.17, 15) is 13.2 Å². The number of piperazine rings is 1. The average molecular weight is 359 g/mol. The highest BCUT2D eigenvalue weighted by atomic mass is 35.5. The maximum absolute atomic E-state index is 12.6. The van der Waals surface area contributed by atoms with Gasteiger partial charge in [-0.05, 0) is 31.0 Å². The third kappa shape index (κ3) is 3.52. The summed E-state index contributed by atoms with van der Waals surface area (Å²) in [7, 11) is -3.57. The summed E-state index contributed by atoms with van der Waals surface area (Å²) in [6, 6.07) is 6.23. The molecule has 0 saturated carbocycles. The molecule has 1 atom stereocenters. The minimum Gasteiger partial charge on any atom is -0.368 e. The van der Waals surface area contributed by atoms with Gasteiger partial charge in [0.25, 0.3) is 5.91 Å². The molecule has 3 rings (SSSR count). The smallest absolute Gasteiger partial charge is 0.251 e. The minimum absolute atomic E-state index is 0.0256. The first kappa shape index (κ1) is 16.7. The molecule has 2 aliphatic rings. The molecule has 2 saturated heterocycles. The topological polar surface area (TPSA) is 66.9 Å². The number of sulfonamides is 1. The third-order valence-electron chi connectivity index (χ3n) is 4.19. The van der Waals surface area contributed by atoms with Crippen LogP contribution in [0, 0.1) is 0 Å². The van der Waals surface area contributed by atoms with Gasteiger partial charge in [-0.3, -0.25) is 4.79 Å². The van der Waals surface area contributed by atoms with Crippen LogP contribution in [0.5, 0.6) is 0 Å². The number of carbonyl (C=O) groups excluding carboxylic acids is 1. The van der Waals surface area contributed by atoms with Crippen molar-refractivity contribution >= 4 is 27.5 Å². The molecule has 2 aliphatic heterocycles. The van der Waals surface area contributed by atoms with E-state index in [1.807, 2.05) is 0 Å². The van der Waals surface area contributed by atoms with Gasteiger partial charge in [-0.25, -0.2) is 8.42 Å². The number of nitrogens with zero attached hydrogens (tertiary/aromatic N) is 2. The molecule has 0 aromatic heterocycles. The molecule has 1 amide bonds. The van der Waals surface area contributed by atoms with Crippen LogP contribution in [-0.2, 0) is 19.6 Å².